The number of halogens is 2. The van der Waals surface area contributed by atoms with E-state index in [4.69, 9.17) is 16.3 Å². The second-order valence-corrected chi connectivity index (χ2v) is 6.22. The molecule has 2 atom stereocenters. The fourth-order valence-corrected chi connectivity index (χ4v) is 2.95. The fraction of sp³-hybridized carbons (Fsp3) is 0.647. The number of rotatable bonds is 8. The van der Waals surface area contributed by atoms with Gasteiger partial charge >= 0.3 is 0 Å². The van der Waals surface area contributed by atoms with Gasteiger partial charge in [-0.05, 0) is 62.8 Å². The van der Waals surface area contributed by atoms with Crippen molar-refractivity contribution in [2.24, 2.45) is 0 Å². The quantitative estimate of drug-likeness (QED) is 0.770. The summed E-state index contributed by atoms with van der Waals surface area (Å²) in [7, 11) is 0. The van der Waals surface area contributed by atoms with Crippen molar-refractivity contribution in [3.63, 3.8) is 0 Å². The van der Waals surface area contributed by atoms with Crippen LogP contribution in [0, 0.1) is 5.82 Å². The van der Waals surface area contributed by atoms with Gasteiger partial charge in [0.1, 0.15) is 5.82 Å². The average Bonchev–Trinajstić information content (AvgIpc) is 2.99. The summed E-state index contributed by atoms with van der Waals surface area (Å²) < 4.78 is 19.2. The van der Waals surface area contributed by atoms with Crippen molar-refractivity contribution in [3.8, 4) is 0 Å². The highest BCUT2D eigenvalue weighted by Gasteiger charge is 2.18. The average molecular weight is 314 g/mol. The maximum Gasteiger partial charge on any atom is 0.142 e. The van der Waals surface area contributed by atoms with E-state index in [1.165, 1.54) is 12.8 Å². The molecular formula is C17H25ClFNO. The van der Waals surface area contributed by atoms with Crippen LogP contribution in [0.5, 0.6) is 0 Å². The van der Waals surface area contributed by atoms with Gasteiger partial charge in [0.15, 0.2) is 0 Å². The van der Waals surface area contributed by atoms with E-state index in [2.05, 4.69) is 12.2 Å². The zero-order valence-corrected chi connectivity index (χ0v) is 13.5. The number of hydrogen-bond donors (Lipinski definition) is 1. The molecule has 1 saturated heterocycles. The Bertz CT molecular complexity index is 435. The van der Waals surface area contributed by atoms with Crippen molar-refractivity contribution >= 4 is 11.6 Å². The van der Waals surface area contributed by atoms with E-state index in [0.29, 0.717) is 12.1 Å². The van der Waals surface area contributed by atoms with Crippen LogP contribution in [0.15, 0.2) is 18.2 Å². The highest BCUT2D eigenvalue weighted by molar-refractivity contribution is 6.30. The minimum Gasteiger partial charge on any atom is -0.378 e. The maximum absolute atomic E-state index is 13.5. The second-order valence-electron chi connectivity index (χ2n) is 5.82. The first kappa shape index (κ1) is 16.7. The molecule has 0 aromatic heterocycles. The van der Waals surface area contributed by atoms with Gasteiger partial charge < -0.3 is 10.1 Å². The Hall–Kier alpha value is -0.640. The van der Waals surface area contributed by atoms with Crippen LogP contribution in [0.25, 0.3) is 0 Å². The Morgan fingerprint density at radius 2 is 2.33 bits per heavy atom. The third kappa shape index (κ3) is 5.57. The molecule has 0 saturated carbocycles. The molecule has 118 valence electrons. The molecule has 0 bridgehead atoms. The van der Waals surface area contributed by atoms with Crippen LogP contribution >= 0.6 is 11.6 Å². The van der Waals surface area contributed by atoms with Gasteiger partial charge in [-0.2, -0.15) is 0 Å². The summed E-state index contributed by atoms with van der Waals surface area (Å²) in [6, 6.07) is 5.48. The van der Waals surface area contributed by atoms with E-state index in [1.807, 2.05) is 6.07 Å². The molecule has 21 heavy (non-hydrogen) atoms. The first-order valence-electron chi connectivity index (χ1n) is 7.98. The van der Waals surface area contributed by atoms with Gasteiger partial charge in [0.2, 0.25) is 0 Å². The molecule has 4 heteroatoms. The normalized spacial score (nSPS) is 19.9. The van der Waals surface area contributed by atoms with Crippen LogP contribution in [0.1, 0.15) is 44.6 Å². The minimum absolute atomic E-state index is 0.191. The van der Waals surface area contributed by atoms with Gasteiger partial charge in [0.05, 0.1) is 11.1 Å². The highest BCUT2D eigenvalue weighted by atomic mass is 35.5. The van der Waals surface area contributed by atoms with E-state index < -0.39 is 0 Å². The lowest BCUT2D eigenvalue weighted by Gasteiger charge is -2.20. The standard InChI is InChI=1S/C17H25ClFNO/c1-2-9-20-14(6-7-15-4-3-10-21-15)11-13-5-8-16(18)17(19)12-13/h5,8,12,14-15,20H,2-4,6-7,9-11H2,1H3. The van der Waals surface area contributed by atoms with E-state index in [0.717, 1.165) is 44.4 Å². The van der Waals surface area contributed by atoms with E-state index >= 15 is 0 Å². The van der Waals surface area contributed by atoms with Crippen LogP contribution in [0.3, 0.4) is 0 Å². The van der Waals surface area contributed by atoms with Crippen molar-refractivity contribution in [3.05, 3.63) is 34.6 Å². The SMILES string of the molecule is CCCNC(CCC1CCCO1)Cc1ccc(Cl)c(F)c1. The van der Waals surface area contributed by atoms with Gasteiger partial charge in [-0.3, -0.25) is 0 Å². The molecule has 1 heterocycles. The number of ether oxygens (including phenoxy) is 1. The molecule has 1 aliphatic rings. The van der Waals surface area contributed by atoms with Crippen LogP contribution < -0.4 is 5.32 Å². The molecule has 0 aliphatic carbocycles. The Balaban J connectivity index is 1.89. The van der Waals surface area contributed by atoms with Gasteiger partial charge in [0.25, 0.3) is 0 Å². The van der Waals surface area contributed by atoms with Crippen molar-refractivity contribution in [1.29, 1.82) is 0 Å². The number of hydrogen-bond acceptors (Lipinski definition) is 2. The van der Waals surface area contributed by atoms with Crippen molar-refractivity contribution < 1.29 is 9.13 Å². The Labute approximate surface area is 132 Å². The third-order valence-electron chi connectivity index (χ3n) is 4.01. The Kier molecular flexibility index (Phi) is 6.94. The summed E-state index contributed by atoms with van der Waals surface area (Å²) >= 11 is 5.74. The topological polar surface area (TPSA) is 21.3 Å². The zero-order valence-electron chi connectivity index (χ0n) is 12.7. The molecule has 0 amide bonds. The summed E-state index contributed by atoms with van der Waals surface area (Å²) in [5.74, 6) is -0.331. The summed E-state index contributed by atoms with van der Waals surface area (Å²) in [5.41, 5.74) is 0.998. The Morgan fingerprint density at radius 1 is 1.48 bits per heavy atom. The van der Waals surface area contributed by atoms with E-state index in [9.17, 15) is 4.39 Å². The summed E-state index contributed by atoms with van der Waals surface area (Å²) in [6.45, 7) is 4.05. The van der Waals surface area contributed by atoms with Gasteiger partial charge in [-0.1, -0.05) is 24.6 Å². The van der Waals surface area contributed by atoms with Crippen molar-refractivity contribution in [2.45, 2.75) is 57.6 Å². The van der Waals surface area contributed by atoms with Crippen LogP contribution in [0.4, 0.5) is 4.39 Å². The summed E-state index contributed by atoms with van der Waals surface area (Å²) in [4.78, 5) is 0. The second kappa shape index (κ2) is 8.72. The van der Waals surface area contributed by atoms with E-state index in [1.54, 1.807) is 12.1 Å². The summed E-state index contributed by atoms with van der Waals surface area (Å²) in [6.07, 6.45) is 6.85. The molecule has 0 spiro atoms. The third-order valence-corrected chi connectivity index (χ3v) is 4.32. The largest absolute Gasteiger partial charge is 0.378 e. The van der Waals surface area contributed by atoms with E-state index in [-0.39, 0.29) is 10.8 Å². The fourth-order valence-electron chi connectivity index (χ4n) is 2.83. The monoisotopic (exact) mass is 313 g/mol. The molecule has 1 fully saturated rings. The zero-order chi connectivity index (χ0) is 15.1. The predicted molar refractivity (Wildman–Crippen MR) is 85.4 cm³/mol. The number of benzene rings is 1. The molecular weight excluding hydrogens is 289 g/mol. The first-order chi connectivity index (χ1) is 10.2. The molecule has 1 aromatic rings. The molecule has 2 nitrogen and oxygen atoms in total. The van der Waals surface area contributed by atoms with Crippen LogP contribution in [0.2, 0.25) is 5.02 Å². The molecule has 1 aliphatic heterocycles. The van der Waals surface area contributed by atoms with Crippen molar-refractivity contribution in [2.75, 3.05) is 13.2 Å². The van der Waals surface area contributed by atoms with Gasteiger partial charge in [0, 0.05) is 12.6 Å². The molecule has 2 unspecified atom stereocenters. The lowest BCUT2D eigenvalue weighted by Crippen LogP contribution is -2.32. The van der Waals surface area contributed by atoms with Crippen molar-refractivity contribution in [1.82, 2.24) is 5.32 Å². The molecule has 0 radical (unpaired) electrons. The molecule has 1 aromatic carbocycles. The number of nitrogens with one attached hydrogen (secondary N) is 1. The smallest absolute Gasteiger partial charge is 0.142 e. The molecule has 2 rings (SSSR count). The predicted octanol–water partition coefficient (Wildman–Crippen LogP) is 4.35. The van der Waals surface area contributed by atoms with Crippen LogP contribution in [-0.2, 0) is 11.2 Å². The van der Waals surface area contributed by atoms with Crippen LogP contribution in [-0.4, -0.2) is 25.3 Å². The first-order valence-corrected chi connectivity index (χ1v) is 8.35. The lowest BCUT2D eigenvalue weighted by molar-refractivity contribution is 0.0995. The maximum atomic E-state index is 13.5. The lowest BCUT2D eigenvalue weighted by atomic mass is 9.99. The highest BCUT2D eigenvalue weighted by Crippen LogP contribution is 2.20. The minimum atomic E-state index is -0.331. The summed E-state index contributed by atoms with van der Waals surface area (Å²) in [5, 5.41) is 3.76. The van der Waals surface area contributed by atoms with Gasteiger partial charge in [-0.25, -0.2) is 4.39 Å². The van der Waals surface area contributed by atoms with Gasteiger partial charge in [-0.15, -0.1) is 0 Å². The Morgan fingerprint density at radius 3 is 3.00 bits per heavy atom. The molecule has 1 N–H and O–H groups in total.